The number of nitrogens with two attached hydrogens (primary N) is 1. The molecule has 0 aromatic carbocycles. The Balaban J connectivity index is 2.06. The van der Waals surface area contributed by atoms with Crippen LogP contribution in [0.5, 0.6) is 0 Å². The lowest BCUT2D eigenvalue weighted by Gasteiger charge is -2.06. The molecule has 0 saturated carbocycles. The highest BCUT2D eigenvalue weighted by molar-refractivity contribution is 5.07. The van der Waals surface area contributed by atoms with Gasteiger partial charge in [-0.15, -0.1) is 0 Å². The van der Waals surface area contributed by atoms with E-state index >= 15 is 0 Å². The zero-order valence-corrected chi connectivity index (χ0v) is 7.59. The summed E-state index contributed by atoms with van der Waals surface area (Å²) in [5.74, 6) is 0.690. The van der Waals surface area contributed by atoms with Crippen LogP contribution in [0.1, 0.15) is 17.6 Å². The summed E-state index contributed by atoms with van der Waals surface area (Å²) in [4.78, 5) is 8.18. The first-order chi connectivity index (χ1) is 6.86. The van der Waals surface area contributed by atoms with Gasteiger partial charge in [0.25, 0.3) is 0 Å². The molecule has 0 aliphatic carbocycles. The van der Waals surface area contributed by atoms with Crippen LogP contribution in [-0.4, -0.2) is 20.2 Å². The topological polar surface area (TPSA) is 80.5 Å². The number of nitrogens with zero attached hydrogens (tertiary/aromatic N) is 3. The quantitative estimate of drug-likeness (QED) is 0.734. The summed E-state index contributed by atoms with van der Waals surface area (Å²) in [5, 5.41) is 6.49. The zero-order chi connectivity index (χ0) is 9.80. The second-order valence-electron chi connectivity index (χ2n) is 3.00. The molecule has 14 heavy (non-hydrogen) atoms. The van der Waals surface area contributed by atoms with Crippen LogP contribution in [0.25, 0.3) is 0 Å². The molecule has 5 heteroatoms. The lowest BCUT2D eigenvalue weighted by atomic mass is 10.1. The van der Waals surface area contributed by atoms with Gasteiger partial charge in [0.2, 0.25) is 0 Å². The number of aromatic amines is 1. The van der Waals surface area contributed by atoms with Gasteiger partial charge < -0.3 is 5.73 Å². The van der Waals surface area contributed by atoms with E-state index < -0.39 is 0 Å². The van der Waals surface area contributed by atoms with Crippen LogP contribution in [0.2, 0.25) is 0 Å². The number of aromatic nitrogens is 4. The molecule has 5 nitrogen and oxygen atoms in total. The van der Waals surface area contributed by atoms with Crippen molar-refractivity contribution >= 4 is 0 Å². The molecule has 1 unspecified atom stereocenters. The van der Waals surface area contributed by atoms with Crippen molar-refractivity contribution in [1.29, 1.82) is 0 Å². The van der Waals surface area contributed by atoms with Crippen molar-refractivity contribution in [3.8, 4) is 0 Å². The second-order valence-corrected chi connectivity index (χ2v) is 3.00. The predicted molar refractivity (Wildman–Crippen MR) is 51.3 cm³/mol. The Kier molecular flexibility index (Phi) is 2.51. The molecular weight excluding hydrogens is 178 g/mol. The number of nitrogens with one attached hydrogen (secondary N) is 1. The van der Waals surface area contributed by atoms with Crippen molar-refractivity contribution in [1.82, 2.24) is 20.2 Å². The van der Waals surface area contributed by atoms with Crippen molar-refractivity contribution in [2.45, 2.75) is 12.5 Å². The Morgan fingerprint density at radius 2 is 2.29 bits per heavy atom. The molecule has 2 aromatic rings. The second kappa shape index (κ2) is 3.97. The number of hydrogen-bond acceptors (Lipinski definition) is 4. The van der Waals surface area contributed by atoms with E-state index in [-0.39, 0.29) is 6.04 Å². The molecular formula is C9H11N5. The van der Waals surface area contributed by atoms with Crippen LogP contribution in [0.3, 0.4) is 0 Å². The predicted octanol–water partition coefficient (Wildman–Crippen LogP) is 0.442. The van der Waals surface area contributed by atoms with Gasteiger partial charge in [-0.05, 0) is 12.1 Å². The number of rotatable bonds is 3. The molecule has 0 bridgehead atoms. The minimum absolute atomic E-state index is 0.174. The normalized spacial score (nSPS) is 12.6. The number of H-pyrrole nitrogens is 1. The fourth-order valence-corrected chi connectivity index (χ4v) is 1.23. The van der Waals surface area contributed by atoms with E-state index in [0.717, 1.165) is 5.69 Å². The van der Waals surface area contributed by atoms with Crippen LogP contribution >= 0.6 is 0 Å². The van der Waals surface area contributed by atoms with Crippen molar-refractivity contribution < 1.29 is 0 Å². The van der Waals surface area contributed by atoms with Crippen LogP contribution in [0.15, 0.2) is 30.7 Å². The zero-order valence-electron chi connectivity index (χ0n) is 7.59. The summed E-state index contributed by atoms with van der Waals surface area (Å²) in [6.07, 6.45) is 3.87. The molecule has 0 aliphatic rings. The minimum atomic E-state index is -0.174. The average Bonchev–Trinajstić information content (AvgIpc) is 2.72. The van der Waals surface area contributed by atoms with Crippen LogP contribution in [0.4, 0.5) is 0 Å². The van der Waals surface area contributed by atoms with Gasteiger partial charge in [0.1, 0.15) is 12.2 Å². The Morgan fingerprint density at radius 3 is 2.93 bits per heavy atom. The molecule has 0 amide bonds. The largest absolute Gasteiger partial charge is 0.321 e. The minimum Gasteiger partial charge on any atom is -0.321 e. The van der Waals surface area contributed by atoms with Gasteiger partial charge in [-0.3, -0.25) is 10.1 Å². The van der Waals surface area contributed by atoms with Gasteiger partial charge in [-0.2, -0.15) is 5.10 Å². The highest BCUT2D eigenvalue weighted by atomic mass is 15.2. The van der Waals surface area contributed by atoms with E-state index in [9.17, 15) is 0 Å². The first-order valence-corrected chi connectivity index (χ1v) is 4.37. The van der Waals surface area contributed by atoms with Crippen LogP contribution < -0.4 is 5.73 Å². The lowest BCUT2D eigenvalue weighted by Crippen LogP contribution is -2.15. The van der Waals surface area contributed by atoms with Gasteiger partial charge in [0.05, 0.1) is 6.04 Å². The molecule has 0 saturated heterocycles. The molecule has 0 radical (unpaired) electrons. The third-order valence-corrected chi connectivity index (χ3v) is 1.94. The maximum atomic E-state index is 5.90. The van der Waals surface area contributed by atoms with E-state index in [1.807, 2.05) is 18.2 Å². The molecule has 0 fully saturated rings. The fourth-order valence-electron chi connectivity index (χ4n) is 1.23. The van der Waals surface area contributed by atoms with Crippen LogP contribution in [0, 0.1) is 0 Å². The average molecular weight is 189 g/mol. The monoisotopic (exact) mass is 189 g/mol. The Labute approximate surface area is 81.4 Å². The summed E-state index contributed by atoms with van der Waals surface area (Å²) in [6, 6.07) is 5.59. The van der Waals surface area contributed by atoms with Gasteiger partial charge >= 0.3 is 0 Å². The van der Waals surface area contributed by atoms with Crippen molar-refractivity contribution in [3.05, 3.63) is 42.2 Å². The molecule has 2 rings (SSSR count). The molecule has 0 aliphatic heterocycles. The van der Waals surface area contributed by atoms with E-state index in [0.29, 0.717) is 12.2 Å². The summed E-state index contributed by atoms with van der Waals surface area (Å²) in [5.41, 5.74) is 6.85. The Hall–Kier alpha value is -1.75. The maximum absolute atomic E-state index is 5.90. The van der Waals surface area contributed by atoms with Gasteiger partial charge in [0, 0.05) is 18.3 Å². The van der Waals surface area contributed by atoms with Gasteiger partial charge in [-0.25, -0.2) is 4.98 Å². The first kappa shape index (κ1) is 8.83. The molecule has 2 heterocycles. The molecule has 1 atom stereocenters. The fraction of sp³-hybridized carbons (Fsp3) is 0.222. The maximum Gasteiger partial charge on any atom is 0.141 e. The summed E-state index contributed by atoms with van der Waals surface area (Å²) >= 11 is 0. The van der Waals surface area contributed by atoms with Crippen molar-refractivity contribution in [2.24, 2.45) is 5.73 Å². The molecule has 3 N–H and O–H groups in total. The first-order valence-electron chi connectivity index (χ1n) is 4.37. The van der Waals surface area contributed by atoms with Crippen LogP contribution in [-0.2, 0) is 6.42 Å². The molecule has 72 valence electrons. The molecule has 2 aromatic heterocycles. The highest BCUT2D eigenvalue weighted by Gasteiger charge is 2.09. The van der Waals surface area contributed by atoms with Crippen molar-refractivity contribution in [2.75, 3.05) is 0 Å². The summed E-state index contributed by atoms with van der Waals surface area (Å²) in [6.45, 7) is 0. The summed E-state index contributed by atoms with van der Waals surface area (Å²) in [7, 11) is 0. The standard InChI is InChI=1S/C9H11N5/c10-8(9-12-6-13-14-9)5-7-3-1-2-4-11-7/h1-4,6,8H,5,10H2,(H,12,13,14). The number of pyridine rings is 1. The number of hydrogen-bond donors (Lipinski definition) is 2. The smallest absolute Gasteiger partial charge is 0.141 e. The van der Waals surface area contributed by atoms with E-state index in [2.05, 4.69) is 20.2 Å². The highest BCUT2D eigenvalue weighted by Crippen LogP contribution is 2.08. The Morgan fingerprint density at radius 1 is 1.36 bits per heavy atom. The van der Waals surface area contributed by atoms with E-state index in [1.165, 1.54) is 6.33 Å². The van der Waals surface area contributed by atoms with E-state index in [1.54, 1.807) is 6.20 Å². The van der Waals surface area contributed by atoms with Gasteiger partial charge in [0.15, 0.2) is 0 Å². The third-order valence-electron chi connectivity index (χ3n) is 1.94. The molecule has 0 spiro atoms. The van der Waals surface area contributed by atoms with Gasteiger partial charge in [-0.1, -0.05) is 6.07 Å². The SMILES string of the molecule is NC(Cc1ccccn1)c1ncn[nH]1. The lowest BCUT2D eigenvalue weighted by molar-refractivity contribution is 0.660. The Bertz CT molecular complexity index is 369. The third kappa shape index (κ3) is 1.94. The summed E-state index contributed by atoms with van der Waals surface area (Å²) < 4.78 is 0. The van der Waals surface area contributed by atoms with Crippen molar-refractivity contribution in [3.63, 3.8) is 0 Å². The van der Waals surface area contributed by atoms with E-state index in [4.69, 9.17) is 5.73 Å².